The predicted molar refractivity (Wildman–Crippen MR) is 104 cm³/mol. The number of thiazole rings is 1. The van der Waals surface area contributed by atoms with Crippen LogP contribution in [0.15, 0.2) is 53.9 Å². The predicted octanol–water partition coefficient (Wildman–Crippen LogP) is 4.39. The summed E-state index contributed by atoms with van der Waals surface area (Å²) in [6, 6.07) is 15.3. The van der Waals surface area contributed by atoms with E-state index in [4.69, 9.17) is 12.2 Å². The Hall–Kier alpha value is -2.28. The van der Waals surface area contributed by atoms with Crippen LogP contribution in [0.25, 0.3) is 11.3 Å². The van der Waals surface area contributed by atoms with Crippen molar-refractivity contribution in [3.8, 4) is 11.3 Å². The minimum Gasteiger partial charge on any atom is -0.392 e. The largest absolute Gasteiger partial charge is 0.392 e. The van der Waals surface area contributed by atoms with Crippen LogP contribution in [-0.2, 0) is 17.9 Å². The summed E-state index contributed by atoms with van der Waals surface area (Å²) in [6.45, 7) is 2.13. The number of anilines is 1. The normalized spacial score (nSPS) is 10.6. The van der Waals surface area contributed by atoms with Crippen LogP contribution >= 0.6 is 23.6 Å². The first-order valence-corrected chi connectivity index (χ1v) is 9.10. The molecule has 0 saturated heterocycles. The molecule has 4 nitrogen and oxygen atoms in total. The number of benzene rings is 2. The van der Waals surface area contributed by atoms with Crippen LogP contribution < -0.4 is 5.32 Å². The molecule has 0 aliphatic rings. The van der Waals surface area contributed by atoms with Crippen LogP contribution in [0.5, 0.6) is 0 Å². The molecule has 6 heteroatoms. The standard InChI is InChI=1S/C19H18N2O2S2/c1-13-5-7-15(8-6-13)17-12-25-19(24)21(17)10-18(23)20-16-4-2-3-14(9-16)11-22/h2-9,12,22H,10-11H2,1H3,(H,20,23). The van der Waals surface area contributed by atoms with Gasteiger partial charge in [-0.3, -0.25) is 4.79 Å². The van der Waals surface area contributed by atoms with Crippen molar-refractivity contribution in [2.24, 2.45) is 0 Å². The maximum absolute atomic E-state index is 12.4. The Morgan fingerprint density at radius 1 is 1.24 bits per heavy atom. The van der Waals surface area contributed by atoms with Crippen molar-refractivity contribution in [2.75, 3.05) is 5.32 Å². The van der Waals surface area contributed by atoms with Gasteiger partial charge in [0.2, 0.25) is 5.91 Å². The van der Waals surface area contributed by atoms with Crippen molar-refractivity contribution in [3.63, 3.8) is 0 Å². The highest BCUT2D eigenvalue weighted by Gasteiger charge is 2.11. The van der Waals surface area contributed by atoms with Crippen molar-refractivity contribution in [3.05, 3.63) is 69.0 Å². The first-order chi connectivity index (χ1) is 12.1. The summed E-state index contributed by atoms with van der Waals surface area (Å²) < 4.78 is 2.51. The van der Waals surface area contributed by atoms with Crippen LogP contribution in [0.2, 0.25) is 0 Å². The third-order valence-electron chi connectivity index (χ3n) is 3.82. The van der Waals surface area contributed by atoms with Gasteiger partial charge in [0.05, 0.1) is 12.3 Å². The molecule has 3 rings (SSSR count). The van der Waals surface area contributed by atoms with Crippen molar-refractivity contribution < 1.29 is 9.90 Å². The van der Waals surface area contributed by atoms with E-state index < -0.39 is 0 Å². The van der Waals surface area contributed by atoms with Gasteiger partial charge in [-0.05, 0) is 42.4 Å². The molecule has 2 N–H and O–H groups in total. The zero-order chi connectivity index (χ0) is 17.8. The van der Waals surface area contributed by atoms with Gasteiger partial charge in [-0.25, -0.2) is 0 Å². The van der Waals surface area contributed by atoms with Crippen molar-refractivity contribution >= 4 is 35.1 Å². The lowest BCUT2D eigenvalue weighted by atomic mass is 10.1. The number of rotatable bonds is 5. The van der Waals surface area contributed by atoms with E-state index in [2.05, 4.69) is 5.32 Å². The van der Waals surface area contributed by atoms with Crippen molar-refractivity contribution in [2.45, 2.75) is 20.1 Å². The van der Waals surface area contributed by atoms with Gasteiger partial charge in [-0.1, -0.05) is 42.0 Å². The summed E-state index contributed by atoms with van der Waals surface area (Å²) >= 11 is 6.84. The highest BCUT2D eigenvalue weighted by atomic mass is 32.1. The Labute approximate surface area is 155 Å². The summed E-state index contributed by atoms with van der Waals surface area (Å²) in [7, 11) is 0. The number of aliphatic hydroxyl groups excluding tert-OH is 1. The number of aromatic nitrogens is 1. The Balaban J connectivity index is 1.80. The highest BCUT2D eigenvalue weighted by Crippen LogP contribution is 2.24. The Bertz CT molecular complexity index is 943. The van der Waals surface area contributed by atoms with Gasteiger partial charge in [0.1, 0.15) is 6.54 Å². The summed E-state index contributed by atoms with van der Waals surface area (Å²) in [5.41, 5.74) is 4.58. The van der Waals surface area contributed by atoms with E-state index >= 15 is 0 Å². The molecule has 1 amide bonds. The van der Waals surface area contributed by atoms with Crippen molar-refractivity contribution in [1.82, 2.24) is 4.57 Å². The third kappa shape index (κ3) is 4.22. The lowest BCUT2D eigenvalue weighted by Gasteiger charge is -2.10. The number of nitrogens with one attached hydrogen (secondary N) is 1. The molecule has 0 fully saturated rings. The van der Waals surface area contributed by atoms with Crippen LogP contribution in [0, 0.1) is 10.9 Å². The number of nitrogens with zero attached hydrogens (tertiary/aromatic N) is 1. The Morgan fingerprint density at radius 3 is 2.72 bits per heavy atom. The minimum atomic E-state index is -0.155. The zero-order valence-electron chi connectivity index (χ0n) is 13.7. The van der Waals surface area contributed by atoms with Gasteiger partial charge in [0.25, 0.3) is 0 Å². The molecule has 128 valence electrons. The van der Waals surface area contributed by atoms with E-state index in [1.165, 1.54) is 16.9 Å². The minimum absolute atomic E-state index is 0.0587. The van der Waals surface area contributed by atoms with Crippen LogP contribution in [0.3, 0.4) is 0 Å². The molecule has 2 aromatic carbocycles. The number of aryl methyl sites for hydroxylation is 1. The fraction of sp³-hybridized carbons (Fsp3) is 0.158. The molecule has 1 aromatic heterocycles. The van der Waals surface area contributed by atoms with Gasteiger partial charge in [0, 0.05) is 11.1 Å². The first-order valence-electron chi connectivity index (χ1n) is 7.82. The second-order valence-electron chi connectivity index (χ2n) is 5.75. The lowest BCUT2D eigenvalue weighted by molar-refractivity contribution is -0.116. The maximum Gasteiger partial charge on any atom is 0.244 e. The molecule has 0 aliphatic carbocycles. The second kappa shape index (κ2) is 7.74. The number of hydrogen-bond acceptors (Lipinski definition) is 4. The quantitative estimate of drug-likeness (QED) is 0.655. The van der Waals surface area contributed by atoms with Crippen molar-refractivity contribution in [1.29, 1.82) is 0 Å². The topological polar surface area (TPSA) is 54.3 Å². The highest BCUT2D eigenvalue weighted by molar-refractivity contribution is 7.73. The molecule has 0 saturated carbocycles. The fourth-order valence-electron chi connectivity index (χ4n) is 2.52. The van der Waals surface area contributed by atoms with E-state index in [0.717, 1.165) is 16.8 Å². The monoisotopic (exact) mass is 370 g/mol. The summed E-state index contributed by atoms with van der Waals surface area (Å²) in [5.74, 6) is -0.155. The molecule has 0 bridgehead atoms. The number of hydrogen-bond donors (Lipinski definition) is 2. The second-order valence-corrected chi connectivity index (χ2v) is 7.25. The summed E-state index contributed by atoms with van der Waals surface area (Å²) in [5, 5.41) is 14.0. The molecule has 3 aromatic rings. The van der Waals surface area contributed by atoms with E-state index in [1.54, 1.807) is 24.3 Å². The summed E-state index contributed by atoms with van der Waals surface area (Å²) in [4.78, 5) is 12.4. The number of amides is 1. The molecule has 1 heterocycles. The van der Waals surface area contributed by atoms with Gasteiger partial charge in [-0.2, -0.15) is 0 Å². The van der Waals surface area contributed by atoms with E-state index in [1.807, 2.05) is 41.1 Å². The third-order valence-corrected chi connectivity index (χ3v) is 5.10. The lowest BCUT2D eigenvalue weighted by Crippen LogP contribution is -2.19. The summed E-state index contributed by atoms with van der Waals surface area (Å²) in [6.07, 6.45) is 0. The van der Waals surface area contributed by atoms with E-state index in [-0.39, 0.29) is 19.1 Å². The molecular weight excluding hydrogens is 352 g/mol. The number of carbonyl (C=O) groups excluding carboxylic acids is 1. The van der Waals surface area contributed by atoms with Gasteiger partial charge >= 0.3 is 0 Å². The van der Waals surface area contributed by atoms with Gasteiger partial charge in [0.15, 0.2) is 3.95 Å². The van der Waals surface area contributed by atoms with Gasteiger partial charge < -0.3 is 15.0 Å². The smallest absolute Gasteiger partial charge is 0.244 e. The van der Waals surface area contributed by atoms with Crippen LogP contribution in [-0.4, -0.2) is 15.6 Å². The molecular formula is C19H18N2O2S2. The number of aliphatic hydroxyl groups is 1. The molecule has 0 spiro atoms. The molecule has 0 atom stereocenters. The van der Waals surface area contributed by atoms with Crippen LogP contribution in [0.4, 0.5) is 5.69 Å². The zero-order valence-corrected chi connectivity index (χ0v) is 15.4. The molecule has 0 unspecified atom stereocenters. The maximum atomic E-state index is 12.4. The average Bonchev–Trinajstić information content (AvgIpc) is 2.96. The average molecular weight is 370 g/mol. The molecule has 0 radical (unpaired) electrons. The van der Waals surface area contributed by atoms with E-state index in [0.29, 0.717) is 9.64 Å². The Kier molecular flexibility index (Phi) is 5.43. The first kappa shape index (κ1) is 17.5. The molecule has 0 aliphatic heterocycles. The fourth-order valence-corrected chi connectivity index (χ4v) is 3.59. The molecule has 25 heavy (non-hydrogen) atoms. The SMILES string of the molecule is Cc1ccc(-c2csc(=S)n2CC(=O)Nc2cccc(CO)c2)cc1. The Morgan fingerprint density at radius 2 is 2.00 bits per heavy atom. The van der Waals surface area contributed by atoms with E-state index in [9.17, 15) is 9.90 Å². The van der Waals surface area contributed by atoms with Crippen LogP contribution in [0.1, 0.15) is 11.1 Å². The van der Waals surface area contributed by atoms with Gasteiger partial charge in [-0.15, -0.1) is 11.3 Å². The number of carbonyl (C=O) groups is 1.